The SMILES string of the molecule is CN1CCc2nc(C(C)(C)C)[nH]c(=O)c2C1. The lowest BCUT2D eigenvalue weighted by molar-refractivity contribution is 0.306. The Balaban J connectivity index is 2.51. The van der Waals surface area contributed by atoms with E-state index in [0.29, 0.717) is 6.54 Å². The third-order valence-electron chi connectivity index (χ3n) is 2.97. The summed E-state index contributed by atoms with van der Waals surface area (Å²) in [4.78, 5) is 21.6. The number of aromatic nitrogens is 2. The largest absolute Gasteiger partial charge is 0.310 e. The lowest BCUT2D eigenvalue weighted by atomic mass is 9.95. The number of rotatable bonds is 0. The Kier molecular flexibility index (Phi) is 2.62. The molecule has 1 aliphatic heterocycles. The van der Waals surface area contributed by atoms with Crippen LogP contribution in [0.15, 0.2) is 4.79 Å². The Hall–Kier alpha value is -1.16. The molecular weight excluding hydrogens is 202 g/mol. The van der Waals surface area contributed by atoms with Crippen LogP contribution in [-0.2, 0) is 18.4 Å². The Morgan fingerprint density at radius 3 is 2.69 bits per heavy atom. The van der Waals surface area contributed by atoms with Crippen molar-refractivity contribution >= 4 is 0 Å². The zero-order chi connectivity index (χ0) is 11.9. The fourth-order valence-electron chi connectivity index (χ4n) is 1.92. The summed E-state index contributed by atoms with van der Waals surface area (Å²) in [5.41, 5.74) is 1.74. The maximum absolute atomic E-state index is 12.0. The summed E-state index contributed by atoms with van der Waals surface area (Å²) in [6, 6.07) is 0. The molecule has 2 rings (SSSR count). The quantitative estimate of drug-likeness (QED) is 0.712. The smallest absolute Gasteiger partial charge is 0.255 e. The van der Waals surface area contributed by atoms with E-state index < -0.39 is 0 Å². The van der Waals surface area contributed by atoms with Crippen LogP contribution in [0.5, 0.6) is 0 Å². The van der Waals surface area contributed by atoms with Crippen molar-refractivity contribution in [2.45, 2.75) is 39.2 Å². The first-order valence-corrected chi connectivity index (χ1v) is 5.69. The molecule has 0 aromatic carbocycles. The number of H-pyrrole nitrogens is 1. The lowest BCUT2D eigenvalue weighted by Gasteiger charge is -2.25. The van der Waals surface area contributed by atoms with E-state index >= 15 is 0 Å². The molecule has 1 aliphatic rings. The molecule has 0 bridgehead atoms. The molecule has 2 heterocycles. The summed E-state index contributed by atoms with van der Waals surface area (Å²) in [7, 11) is 2.03. The number of aromatic amines is 1. The average molecular weight is 221 g/mol. The average Bonchev–Trinajstić information content (AvgIpc) is 2.17. The molecule has 0 aliphatic carbocycles. The van der Waals surface area contributed by atoms with Crippen molar-refractivity contribution in [3.63, 3.8) is 0 Å². The first kappa shape index (κ1) is 11.3. The summed E-state index contributed by atoms with van der Waals surface area (Å²) in [5.74, 6) is 0.792. The highest BCUT2D eigenvalue weighted by atomic mass is 16.1. The van der Waals surface area contributed by atoms with Gasteiger partial charge in [-0.2, -0.15) is 0 Å². The van der Waals surface area contributed by atoms with E-state index in [1.807, 2.05) is 7.05 Å². The molecule has 0 amide bonds. The Morgan fingerprint density at radius 1 is 1.38 bits per heavy atom. The maximum Gasteiger partial charge on any atom is 0.255 e. The topological polar surface area (TPSA) is 49.0 Å². The molecule has 0 saturated carbocycles. The van der Waals surface area contributed by atoms with Gasteiger partial charge in [-0.15, -0.1) is 0 Å². The molecule has 16 heavy (non-hydrogen) atoms. The van der Waals surface area contributed by atoms with Crippen molar-refractivity contribution in [1.82, 2.24) is 14.9 Å². The van der Waals surface area contributed by atoms with Crippen molar-refractivity contribution in [3.8, 4) is 0 Å². The summed E-state index contributed by atoms with van der Waals surface area (Å²) >= 11 is 0. The minimum atomic E-state index is -0.0997. The third kappa shape index (κ3) is 2.02. The summed E-state index contributed by atoms with van der Waals surface area (Å²) in [6.07, 6.45) is 0.874. The van der Waals surface area contributed by atoms with Crippen molar-refractivity contribution in [1.29, 1.82) is 0 Å². The predicted octanol–water partition coefficient (Wildman–Crippen LogP) is 1.06. The third-order valence-corrected chi connectivity index (χ3v) is 2.97. The zero-order valence-electron chi connectivity index (χ0n) is 10.4. The molecular formula is C12H19N3O. The van der Waals surface area contributed by atoms with Gasteiger partial charge in [0.2, 0.25) is 0 Å². The minimum absolute atomic E-state index is 0.0291. The van der Waals surface area contributed by atoms with Crippen molar-refractivity contribution < 1.29 is 0 Å². The van der Waals surface area contributed by atoms with Gasteiger partial charge in [0, 0.05) is 24.9 Å². The molecule has 4 nitrogen and oxygen atoms in total. The van der Waals surface area contributed by atoms with Crippen molar-refractivity contribution in [3.05, 3.63) is 27.4 Å². The maximum atomic E-state index is 12.0. The first-order chi connectivity index (χ1) is 7.38. The normalized spacial score (nSPS) is 17.2. The number of nitrogens with one attached hydrogen (secondary N) is 1. The van der Waals surface area contributed by atoms with Crippen LogP contribution in [0, 0.1) is 0 Å². The molecule has 0 saturated heterocycles. The van der Waals surface area contributed by atoms with Crippen LogP contribution in [0.1, 0.15) is 37.9 Å². The van der Waals surface area contributed by atoms with Gasteiger partial charge < -0.3 is 9.88 Å². The minimum Gasteiger partial charge on any atom is -0.310 e. The molecule has 88 valence electrons. The summed E-state index contributed by atoms with van der Waals surface area (Å²) in [5, 5.41) is 0. The van der Waals surface area contributed by atoms with E-state index in [1.54, 1.807) is 0 Å². The van der Waals surface area contributed by atoms with Gasteiger partial charge in [0.05, 0.1) is 11.3 Å². The van der Waals surface area contributed by atoms with Gasteiger partial charge in [0.1, 0.15) is 5.82 Å². The second-order valence-electron chi connectivity index (χ2n) is 5.58. The van der Waals surface area contributed by atoms with Crippen LogP contribution < -0.4 is 5.56 Å². The molecule has 1 aromatic rings. The van der Waals surface area contributed by atoms with Crippen LogP contribution in [0.25, 0.3) is 0 Å². The van der Waals surface area contributed by atoms with Crippen LogP contribution in [-0.4, -0.2) is 28.5 Å². The number of nitrogens with zero attached hydrogens (tertiary/aromatic N) is 2. The molecule has 0 radical (unpaired) electrons. The molecule has 1 aromatic heterocycles. The fourth-order valence-corrected chi connectivity index (χ4v) is 1.92. The van der Waals surface area contributed by atoms with Gasteiger partial charge in [-0.05, 0) is 7.05 Å². The van der Waals surface area contributed by atoms with Crippen LogP contribution in [0.4, 0.5) is 0 Å². The number of likely N-dealkylation sites (N-methyl/N-ethyl adjacent to an activating group) is 1. The number of hydrogen-bond donors (Lipinski definition) is 1. The van der Waals surface area contributed by atoms with Gasteiger partial charge in [0.25, 0.3) is 5.56 Å². The van der Waals surface area contributed by atoms with E-state index in [0.717, 1.165) is 30.0 Å². The van der Waals surface area contributed by atoms with Gasteiger partial charge in [0.15, 0.2) is 0 Å². The lowest BCUT2D eigenvalue weighted by Crippen LogP contribution is -2.35. The van der Waals surface area contributed by atoms with Crippen LogP contribution in [0.3, 0.4) is 0 Å². The monoisotopic (exact) mass is 221 g/mol. The van der Waals surface area contributed by atoms with Crippen LogP contribution >= 0.6 is 0 Å². The van der Waals surface area contributed by atoms with Crippen molar-refractivity contribution in [2.75, 3.05) is 13.6 Å². The number of hydrogen-bond acceptors (Lipinski definition) is 3. The molecule has 4 heteroatoms. The van der Waals surface area contributed by atoms with E-state index in [2.05, 4.69) is 35.6 Å². The Morgan fingerprint density at radius 2 is 2.06 bits per heavy atom. The molecule has 0 spiro atoms. The van der Waals surface area contributed by atoms with Crippen molar-refractivity contribution in [2.24, 2.45) is 0 Å². The van der Waals surface area contributed by atoms with E-state index in [1.165, 1.54) is 0 Å². The molecule has 0 atom stereocenters. The summed E-state index contributed by atoms with van der Waals surface area (Å²) < 4.78 is 0. The van der Waals surface area contributed by atoms with Gasteiger partial charge in [-0.1, -0.05) is 20.8 Å². The molecule has 0 fully saturated rings. The second-order valence-corrected chi connectivity index (χ2v) is 5.58. The number of fused-ring (bicyclic) bond motifs is 1. The molecule has 1 N–H and O–H groups in total. The Bertz CT molecular complexity index is 456. The standard InChI is InChI=1S/C12H19N3O/c1-12(2,3)11-13-9-5-6-15(4)7-8(9)10(16)14-11/h5-7H2,1-4H3,(H,13,14,16). The fraction of sp³-hybridized carbons (Fsp3) is 0.667. The Labute approximate surface area is 95.7 Å². The second kappa shape index (κ2) is 3.70. The zero-order valence-corrected chi connectivity index (χ0v) is 10.4. The highest BCUT2D eigenvalue weighted by Gasteiger charge is 2.23. The first-order valence-electron chi connectivity index (χ1n) is 5.69. The van der Waals surface area contributed by atoms with Crippen LogP contribution in [0.2, 0.25) is 0 Å². The van der Waals surface area contributed by atoms with Gasteiger partial charge >= 0.3 is 0 Å². The van der Waals surface area contributed by atoms with Gasteiger partial charge in [-0.25, -0.2) is 4.98 Å². The van der Waals surface area contributed by atoms with Gasteiger partial charge in [-0.3, -0.25) is 4.79 Å². The van der Waals surface area contributed by atoms with E-state index in [9.17, 15) is 4.79 Å². The highest BCUT2D eigenvalue weighted by Crippen LogP contribution is 2.19. The predicted molar refractivity (Wildman–Crippen MR) is 63.6 cm³/mol. The van der Waals surface area contributed by atoms with E-state index in [4.69, 9.17) is 0 Å². The summed E-state index contributed by atoms with van der Waals surface area (Å²) in [6.45, 7) is 7.88. The molecule has 0 unspecified atom stereocenters. The highest BCUT2D eigenvalue weighted by molar-refractivity contribution is 5.22. The van der Waals surface area contributed by atoms with E-state index in [-0.39, 0.29) is 11.0 Å².